The lowest BCUT2D eigenvalue weighted by atomic mass is 9.99. The smallest absolute Gasteiger partial charge is 0.124 e. The minimum Gasteiger partial charge on any atom is -0.493 e. The maximum atomic E-state index is 5.72. The van der Waals surface area contributed by atoms with Crippen LogP contribution in [0.5, 0.6) is 5.75 Å². The highest BCUT2D eigenvalue weighted by Gasteiger charge is 2.24. The largest absolute Gasteiger partial charge is 0.493 e. The molecule has 3 rings (SSSR count). The summed E-state index contributed by atoms with van der Waals surface area (Å²) in [5.41, 5.74) is 1.21. The molecule has 1 aliphatic heterocycles. The summed E-state index contributed by atoms with van der Waals surface area (Å²) in [4.78, 5) is 0. The van der Waals surface area contributed by atoms with Crippen LogP contribution >= 0.6 is 15.9 Å². The molecule has 0 spiro atoms. The van der Waals surface area contributed by atoms with Gasteiger partial charge in [-0.05, 0) is 44.2 Å². The van der Waals surface area contributed by atoms with Gasteiger partial charge in [0.15, 0.2) is 0 Å². The Morgan fingerprint density at radius 3 is 2.90 bits per heavy atom. The van der Waals surface area contributed by atoms with Gasteiger partial charge in [0.25, 0.3) is 0 Å². The minimum absolute atomic E-state index is 0.179. The number of furan rings is 1. The fourth-order valence-electron chi connectivity index (χ4n) is 2.61. The first kappa shape index (κ1) is 13.7. The van der Waals surface area contributed by atoms with Crippen molar-refractivity contribution in [2.45, 2.75) is 32.4 Å². The molecule has 2 aromatic rings. The van der Waals surface area contributed by atoms with E-state index in [4.69, 9.17) is 9.15 Å². The van der Waals surface area contributed by atoms with Crippen molar-refractivity contribution in [3.05, 3.63) is 51.9 Å². The summed E-state index contributed by atoms with van der Waals surface area (Å²) in [5.74, 6) is 2.90. The van der Waals surface area contributed by atoms with Gasteiger partial charge in [0, 0.05) is 22.5 Å². The Morgan fingerprint density at radius 2 is 2.15 bits per heavy atom. The summed E-state index contributed by atoms with van der Waals surface area (Å²) < 4.78 is 12.5. The third-order valence-electron chi connectivity index (χ3n) is 3.65. The van der Waals surface area contributed by atoms with E-state index < -0.39 is 0 Å². The second kappa shape index (κ2) is 5.62. The number of fused-ring (bicyclic) bond motifs is 1. The molecular weight excluding hydrogens is 318 g/mol. The van der Waals surface area contributed by atoms with Gasteiger partial charge >= 0.3 is 0 Å². The van der Waals surface area contributed by atoms with Gasteiger partial charge in [-0.2, -0.15) is 0 Å². The number of hydrogen-bond acceptors (Lipinski definition) is 3. The maximum absolute atomic E-state index is 5.72. The van der Waals surface area contributed by atoms with Gasteiger partial charge in [0.2, 0.25) is 0 Å². The quantitative estimate of drug-likeness (QED) is 0.895. The average molecular weight is 336 g/mol. The first-order valence-corrected chi connectivity index (χ1v) is 7.67. The van der Waals surface area contributed by atoms with Crippen molar-refractivity contribution in [3.63, 3.8) is 0 Å². The van der Waals surface area contributed by atoms with Crippen molar-refractivity contribution < 1.29 is 9.15 Å². The molecule has 0 saturated heterocycles. The van der Waals surface area contributed by atoms with Crippen molar-refractivity contribution >= 4 is 15.9 Å². The van der Waals surface area contributed by atoms with Crippen LogP contribution in [0.25, 0.3) is 0 Å². The second-order valence-corrected chi connectivity index (χ2v) is 6.12. The molecule has 0 radical (unpaired) electrons. The summed E-state index contributed by atoms with van der Waals surface area (Å²) in [7, 11) is 0. The molecule has 4 heteroatoms. The molecule has 0 fully saturated rings. The van der Waals surface area contributed by atoms with E-state index >= 15 is 0 Å². The number of nitrogens with one attached hydrogen (secondary N) is 1. The fraction of sp³-hybridized carbons (Fsp3) is 0.375. The average Bonchev–Trinajstić information content (AvgIpc) is 2.86. The molecule has 20 heavy (non-hydrogen) atoms. The molecule has 0 saturated carbocycles. The van der Waals surface area contributed by atoms with Crippen LogP contribution in [-0.4, -0.2) is 6.61 Å². The molecule has 1 aliphatic rings. The lowest BCUT2D eigenvalue weighted by Gasteiger charge is -2.29. The molecule has 0 amide bonds. The SMILES string of the molecule is Cc1ccc(C(C)NC2CCOc3ccc(Br)cc32)o1. The molecule has 106 valence electrons. The molecule has 2 atom stereocenters. The summed E-state index contributed by atoms with van der Waals surface area (Å²) in [5, 5.41) is 3.64. The molecule has 0 aliphatic carbocycles. The number of ether oxygens (including phenoxy) is 1. The highest BCUT2D eigenvalue weighted by Crippen LogP contribution is 2.35. The van der Waals surface area contributed by atoms with Gasteiger partial charge in [0.1, 0.15) is 17.3 Å². The van der Waals surface area contributed by atoms with Crippen molar-refractivity contribution in [2.24, 2.45) is 0 Å². The Hall–Kier alpha value is -1.26. The number of halogens is 1. The molecule has 2 heterocycles. The summed E-state index contributed by atoms with van der Waals surface area (Å²) in [6, 6.07) is 10.7. The number of hydrogen-bond donors (Lipinski definition) is 1. The minimum atomic E-state index is 0.179. The molecule has 3 nitrogen and oxygen atoms in total. The van der Waals surface area contributed by atoms with E-state index in [-0.39, 0.29) is 12.1 Å². The zero-order chi connectivity index (χ0) is 14.1. The highest BCUT2D eigenvalue weighted by molar-refractivity contribution is 9.10. The van der Waals surface area contributed by atoms with Crippen LogP contribution in [0.3, 0.4) is 0 Å². The van der Waals surface area contributed by atoms with Crippen LogP contribution < -0.4 is 10.1 Å². The Labute approximate surface area is 127 Å². The second-order valence-electron chi connectivity index (χ2n) is 5.21. The Balaban J connectivity index is 1.80. The van der Waals surface area contributed by atoms with Gasteiger partial charge in [-0.15, -0.1) is 0 Å². The zero-order valence-electron chi connectivity index (χ0n) is 11.7. The van der Waals surface area contributed by atoms with Crippen LogP contribution in [0.1, 0.15) is 42.5 Å². The van der Waals surface area contributed by atoms with Crippen LogP contribution in [-0.2, 0) is 0 Å². The lowest BCUT2D eigenvalue weighted by molar-refractivity contribution is 0.241. The van der Waals surface area contributed by atoms with Crippen LogP contribution in [0.4, 0.5) is 0 Å². The number of benzene rings is 1. The van der Waals surface area contributed by atoms with E-state index in [0.29, 0.717) is 0 Å². The third-order valence-corrected chi connectivity index (χ3v) is 4.14. The molecule has 2 unspecified atom stereocenters. The van der Waals surface area contributed by atoms with Crippen molar-refractivity contribution in [1.82, 2.24) is 5.32 Å². The number of rotatable bonds is 3. The van der Waals surface area contributed by atoms with E-state index in [1.807, 2.05) is 31.2 Å². The van der Waals surface area contributed by atoms with E-state index in [2.05, 4.69) is 34.2 Å². The highest BCUT2D eigenvalue weighted by atomic mass is 79.9. The van der Waals surface area contributed by atoms with Gasteiger partial charge in [0.05, 0.1) is 12.6 Å². The standard InChI is InChI=1S/C16H18BrNO2/c1-10-3-5-15(20-10)11(2)18-14-7-8-19-16-6-4-12(17)9-13(14)16/h3-6,9,11,14,18H,7-8H2,1-2H3. The fourth-order valence-corrected chi connectivity index (χ4v) is 2.99. The van der Waals surface area contributed by atoms with Crippen LogP contribution in [0.15, 0.2) is 39.2 Å². The predicted octanol–water partition coefficient (Wildman–Crippen LogP) is 4.52. The molecule has 1 aromatic heterocycles. The molecule has 0 bridgehead atoms. The van der Waals surface area contributed by atoms with E-state index in [9.17, 15) is 0 Å². The summed E-state index contributed by atoms with van der Waals surface area (Å²) >= 11 is 3.53. The topological polar surface area (TPSA) is 34.4 Å². The Kier molecular flexibility index (Phi) is 3.85. The zero-order valence-corrected chi connectivity index (χ0v) is 13.2. The first-order chi connectivity index (χ1) is 9.63. The van der Waals surface area contributed by atoms with Crippen LogP contribution in [0.2, 0.25) is 0 Å². The van der Waals surface area contributed by atoms with Gasteiger partial charge < -0.3 is 14.5 Å². The molecular formula is C16H18BrNO2. The van der Waals surface area contributed by atoms with Crippen LogP contribution in [0, 0.1) is 6.92 Å². The van der Waals surface area contributed by atoms with Crippen molar-refractivity contribution in [1.29, 1.82) is 0 Å². The van der Waals surface area contributed by atoms with E-state index in [1.165, 1.54) is 5.56 Å². The Bertz CT molecular complexity index is 608. The van der Waals surface area contributed by atoms with Crippen molar-refractivity contribution in [2.75, 3.05) is 6.61 Å². The maximum Gasteiger partial charge on any atom is 0.124 e. The van der Waals surface area contributed by atoms with Gasteiger partial charge in [-0.25, -0.2) is 0 Å². The lowest BCUT2D eigenvalue weighted by Crippen LogP contribution is -2.29. The first-order valence-electron chi connectivity index (χ1n) is 6.88. The normalized spacial score (nSPS) is 19.2. The van der Waals surface area contributed by atoms with E-state index in [0.717, 1.165) is 34.8 Å². The van der Waals surface area contributed by atoms with E-state index in [1.54, 1.807) is 0 Å². The predicted molar refractivity (Wildman–Crippen MR) is 82.0 cm³/mol. The van der Waals surface area contributed by atoms with Crippen molar-refractivity contribution in [3.8, 4) is 5.75 Å². The molecule has 1 N–H and O–H groups in total. The Morgan fingerprint density at radius 1 is 1.30 bits per heavy atom. The number of aryl methyl sites for hydroxylation is 1. The van der Waals surface area contributed by atoms with Gasteiger partial charge in [-0.3, -0.25) is 0 Å². The monoisotopic (exact) mass is 335 g/mol. The summed E-state index contributed by atoms with van der Waals surface area (Å²) in [6.07, 6.45) is 0.966. The molecule has 1 aromatic carbocycles. The third kappa shape index (κ3) is 2.76. The van der Waals surface area contributed by atoms with Gasteiger partial charge in [-0.1, -0.05) is 15.9 Å². The summed E-state index contributed by atoms with van der Waals surface area (Å²) in [6.45, 7) is 4.85.